The number of nitrogens with one attached hydrogen (secondary N) is 1. The molecule has 4 rings (SSSR count). The lowest BCUT2D eigenvalue weighted by molar-refractivity contribution is -0.117. The largest absolute Gasteiger partial charge is 0.367 e. The zero-order valence-corrected chi connectivity index (χ0v) is 14.1. The van der Waals surface area contributed by atoms with E-state index in [0.29, 0.717) is 11.9 Å². The van der Waals surface area contributed by atoms with Crippen LogP contribution in [-0.2, 0) is 11.3 Å². The van der Waals surface area contributed by atoms with Crippen LogP contribution in [0.4, 0.5) is 21.7 Å². The normalized spacial score (nSPS) is 17.8. The summed E-state index contributed by atoms with van der Waals surface area (Å²) >= 11 is 0. The number of amides is 1. The van der Waals surface area contributed by atoms with Crippen molar-refractivity contribution < 1.29 is 9.18 Å². The number of hydrogen-bond acceptors (Lipinski definition) is 5. The first-order chi connectivity index (χ1) is 12.1. The number of hydrogen-bond donors (Lipinski definition) is 1. The van der Waals surface area contributed by atoms with Gasteiger partial charge >= 0.3 is 0 Å². The van der Waals surface area contributed by atoms with Crippen molar-refractivity contribution in [2.75, 3.05) is 28.7 Å². The number of para-hydroxylation sites is 1. The van der Waals surface area contributed by atoms with Crippen molar-refractivity contribution in [3.63, 3.8) is 0 Å². The summed E-state index contributed by atoms with van der Waals surface area (Å²) in [7, 11) is 1.82. The number of anilines is 3. The smallest absolute Gasteiger partial charge is 0.246 e. The van der Waals surface area contributed by atoms with Crippen LogP contribution in [0.3, 0.4) is 0 Å². The number of carbonyl (C=O) groups is 1. The Morgan fingerprint density at radius 3 is 2.72 bits per heavy atom. The summed E-state index contributed by atoms with van der Waals surface area (Å²) in [5, 5.41) is 3.45. The van der Waals surface area contributed by atoms with E-state index >= 15 is 0 Å². The van der Waals surface area contributed by atoms with E-state index in [1.807, 2.05) is 7.05 Å². The van der Waals surface area contributed by atoms with E-state index in [2.05, 4.69) is 15.3 Å². The Kier molecular flexibility index (Phi) is 3.99. The third-order valence-electron chi connectivity index (χ3n) is 4.86. The van der Waals surface area contributed by atoms with Gasteiger partial charge in [-0.2, -0.15) is 0 Å². The standard InChI is InChI=1S/C18H20FN5O/c1-23-10-16(25)24(15-8-3-2-7-14(15)19)9-13-17(20-11-21-18(13)23)22-12-5-4-6-12/h2-3,7-8,11-12H,4-6,9-10H2,1H3,(H,20,21,22). The van der Waals surface area contributed by atoms with Crippen LogP contribution in [0.5, 0.6) is 0 Å². The predicted molar refractivity (Wildman–Crippen MR) is 94.2 cm³/mol. The Labute approximate surface area is 145 Å². The molecular weight excluding hydrogens is 321 g/mol. The second-order valence-electron chi connectivity index (χ2n) is 6.58. The highest BCUT2D eigenvalue weighted by atomic mass is 19.1. The Balaban J connectivity index is 1.75. The lowest BCUT2D eigenvalue weighted by atomic mass is 9.93. The summed E-state index contributed by atoms with van der Waals surface area (Å²) in [6, 6.07) is 6.75. The molecule has 0 unspecified atom stereocenters. The maximum absolute atomic E-state index is 14.3. The summed E-state index contributed by atoms with van der Waals surface area (Å²) in [6.45, 7) is 0.385. The van der Waals surface area contributed by atoms with Gasteiger partial charge in [-0.1, -0.05) is 12.1 Å². The molecule has 0 radical (unpaired) electrons. The van der Waals surface area contributed by atoms with Gasteiger partial charge < -0.3 is 15.1 Å². The molecule has 2 aromatic rings. The van der Waals surface area contributed by atoms with E-state index in [-0.39, 0.29) is 24.7 Å². The second kappa shape index (κ2) is 6.31. The van der Waals surface area contributed by atoms with Crippen LogP contribution in [0.25, 0.3) is 0 Å². The Hall–Kier alpha value is -2.70. The van der Waals surface area contributed by atoms with Crippen molar-refractivity contribution in [2.45, 2.75) is 31.8 Å². The first-order valence-electron chi connectivity index (χ1n) is 8.50. The van der Waals surface area contributed by atoms with Crippen LogP contribution in [0.1, 0.15) is 24.8 Å². The molecule has 0 atom stereocenters. The molecular formula is C18H20FN5O. The zero-order valence-electron chi connectivity index (χ0n) is 14.1. The van der Waals surface area contributed by atoms with E-state index in [1.165, 1.54) is 23.7 Å². The molecule has 2 aliphatic rings. The van der Waals surface area contributed by atoms with Crippen molar-refractivity contribution in [3.8, 4) is 0 Å². The molecule has 1 fully saturated rings. The molecule has 1 aliphatic carbocycles. The monoisotopic (exact) mass is 341 g/mol. The molecule has 1 saturated carbocycles. The van der Waals surface area contributed by atoms with Crippen molar-refractivity contribution >= 4 is 23.2 Å². The molecule has 7 heteroatoms. The first kappa shape index (κ1) is 15.8. The van der Waals surface area contributed by atoms with Gasteiger partial charge in [-0.25, -0.2) is 14.4 Å². The number of aromatic nitrogens is 2. The maximum Gasteiger partial charge on any atom is 0.246 e. The molecule has 1 aromatic carbocycles. The number of carbonyl (C=O) groups excluding carboxylic acids is 1. The predicted octanol–water partition coefficient (Wildman–Crippen LogP) is 2.56. The fraction of sp³-hybridized carbons (Fsp3) is 0.389. The van der Waals surface area contributed by atoms with Gasteiger partial charge in [-0.15, -0.1) is 0 Å². The molecule has 1 N–H and O–H groups in total. The maximum atomic E-state index is 14.3. The van der Waals surface area contributed by atoms with E-state index in [4.69, 9.17) is 0 Å². The van der Waals surface area contributed by atoms with E-state index in [9.17, 15) is 9.18 Å². The third kappa shape index (κ3) is 2.90. The van der Waals surface area contributed by atoms with E-state index in [0.717, 1.165) is 24.2 Å². The van der Waals surface area contributed by atoms with Gasteiger partial charge in [-0.3, -0.25) is 4.79 Å². The molecule has 6 nitrogen and oxygen atoms in total. The van der Waals surface area contributed by atoms with Crippen LogP contribution >= 0.6 is 0 Å². The van der Waals surface area contributed by atoms with Gasteiger partial charge in [0.15, 0.2) is 0 Å². The SMILES string of the molecule is CN1CC(=O)N(c2ccccc2F)Cc2c(NC3CCC3)ncnc21. The summed E-state index contributed by atoms with van der Waals surface area (Å²) in [5.41, 5.74) is 1.11. The minimum absolute atomic E-state index is 0.140. The molecule has 1 amide bonds. The number of fused-ring (bicyclic) bond motifs is 1. The highest BCUT2D eigenvalue weighted by molar-refractivity contribution is 5.98. The minimum Gasteiger partial charge on any atom is -0.367 e. The van der Waals surface area contributed by atoms with Gasteiger partial charge in [0.25, 0.3) is 0 Å². The van der Waals surface area contributed by atoms with Crippen molar-refractivity contribution in [1.82, 2.24) is 9.97 Å². The molecule has 0 bridgehead atoms. The van der Waals surface area contributed by atoms with Crippen LogP contribution < -0.4 is 15.1 Å². The van der Waals surface area contributed by atoms with Gasteiger partial charge in [0, 0.05) is 13.1 Å². The summed E-state index contributed by atoms with van der Waals surface area (Å²) < 4.78 is 14.3. The molecule has 130 valence electrons. The van der Waals surface area contributed by atoms with Crippen LogP contribution in [-0.4, -0.2) is 35.5 Å². The topological polar surface area (TPSA) is 61.4 Å². The van der Waals surface area contributed by atoms with Gasteiger partial charge in [0.2, 0.25) is 5.91 Å². The number of nitrogens with zero attached hydrogens (tertiary/aromatic N) is 4. The summed E-state index contributed by atoms with van der Waals surface area (Å²) in [4.78, 5) is 24.7. The fourth-order valence-electron chi connectivity index (χ4n) is 3.25. The van der Waals surface area contributed by atoms with E-state index in [1.54, 1.807) is 23.1 Å². The quantitative estimate of drug-likeness (QED) is 0.930. The highest BCUT2D eigenvalue weighted by Crippen LogP contribution is 2.32. The van der Waals surface area contributed by atoms with Gasteiger partial charge in [0.05, 0.1) is 24.3 Å². The number of rotatable bonds is 3. The number of likely N-dealkylation sites (N-methyl/N-ethyl adjacent to an activating group) is 1. The summed E-state index contributed by atoms with van der Waals surface area (Å²) in [6.07, 6.45) is 4.96. The fourth-order valence-corrected chi connectivity index (χ4v) is 3.25. The molecule has 0 spiro atoms. The second-order valence-corrected chi connectivity index (χ2v) is 6.58. The first-order valence-corrected chi connectivity index (χ1v) is 8.50. The van der Waals surface area contributed by atoms with Crippen LogP contribution in [0.15, 0.2) is 30.6 Å². The zero-order chi connectivity index (χ0) is 17.4. The Morgan fingerprint density at radius 2 is 2.00 bits per heavy atom. The Morgan fingerprint density at radius 1 is 1.20 bits per heavy atom. The molecule has 0 saturated heterocycles. The lowest BCUT2D eigenvalue weighted by Gasteiger charge is -2.29. The van der Waals surface area contributed by atoms with Gasteiger partial charge in [0.1, 0.15) is 23.8 Å². The van der Waals surface area contributed by atoms with Crippen LogP contribution in [0, 0.1) is 5.82 Å². The number of halogens is 1. The van der Waals surface area contributed by atoms with E-state index < -0.39 is 5.82 Å². The average Bonchev–Trinajstić information content (AvgIpc) is 2.69. The van der Waals surface area contributed by atoms with Crippen molar-refractivity contribution in [1.29, 1.82) is 0 Å². The summed E-state index contributed by atoms with van der Waals surface area (Å²) in [5.74, 6) is 0.870. The molecule has 2 heterocycles. The van der Waals surface area contributed by atoms with Gasteiger partial charge in [-0.05, 0) is 31.4 Å². The van der Waals surface area contributed by atoms with Crippen molar-refractivity contribution in [2.24, 2.45) is 0 Å². The highest BCUT2D eigenvalue weighted by Gasteiger charge is 2.30. The number of benzene rings is 1. The lowest BCUT2D eigenvalue weighted by Crippen LogP contribution is -2.36. The Bertz CT molecular complexity index is 808. The van der Waals surface area contributed by atoms with Crippen molar-refractivity contribution in [3.05, 3.63) is 42.0 Å². The molecule has 25 heavy (non-hydrogen) atoms. The molecule has 1 aliphatic heterocycles. The van der Waals surface area contributed by atoms with Crippen LogP contribution in [0.2, 0.25) is 0 Å². The molecule has 1 aromatic heterocycles. The average molecular weight is 341 g/mol. The minimum atomic E-state index is -0.410. The third-order valence-corrected chi connectivity index (χ3v) is 4.86.